The second-order valence-corrected chi connectivity index (χ2v) is 6.74. The second-order valence-electron chi connectivity index (χ2n) is 6.74. The number of anilines is 1. The Labute approximate surface area is 174 Å². The lowest BCUT2D eigenvalue weighted by Gasteiger charge is -2.37. The number of fused-ring (bicyclic) bond motifs is 1. The summed E-state index contributed by atoms with van der Waals surface area (Å²) in [4.78, 5) is 15.0. The Morgan fingerprint density at radius 2 is 1.87 bits per heavy atom. The van der Waals surface area contributed by atoms with Gasteiger partial charge in [-0.05, 0) is 29.8 Å². The van der Waals surface area contributed by atoms with Crippen LogP contribution in [0.4, 0.5) is 5.69 Å². The molecule has 150 valence electrons. The first-order chi connectivity index (χ1) is 14.7. The maximum absolute atomic E-state index is 13.3. The summed E-state index contributed by atoms with van der Waals surface area (Å²) in [7, 11) is 1.49. The Balaban J connectivity index is 1.61. The summed E-state index contributed by atoms with van der Waals surface area (Å²) in [6.07, 6.45) is 0. The zero-order chi connectivity index (χ0) is 20.9. The van der Waals surface area contributed by atoms with Crippen LogP contribution in [0.1, 0.15) is 17.2 Å². The molecule has 0 fully saturated rings. The van der Waals surface area contributed by atoms with E-state index in [2.05, 4.69) is 6.07 Å². The number of ether oxygens (including phenoxy) is 3. The lowest BCUT2D eigenvalue weighted by molar-refractivity contribution is -0.121. The van der Waals surface area contributed by atoms with Crippen molar-refractivity contribution in [2.24, 2.45) is 0 Å². The van der Waals surface area contributed by atoms with Crippen LogP contribution in [0.5, 0.6) is 17.2 Å². The first-order valence-electron chi connectivity index (χ1n) is 9.51. The van der Waals surface area contributed by atoms with Crippen molar-refractivity contribution in [2.75, 3.05) is 25.2 Å². The number of hydrogen-bond donors (Lipinski definition) is 0. The molecule has 4 rings (SSSR count). The molecule has 0 radical (unpaired) electrons. The van der Waals surface area contributed by atoms with E-state index in [1.807, 2.05) is 54.6 Å². The topological polar surface area (TPSA) is 71.8 Å². The van der Waals surface area contributed by atoms with Crippen LogP contribution in [0.2, 0.25) is 0 Å². The smallest absolute Gasteiger partial charge is 0.265 e. The largest absolute Gasteiger partial charge is 0.493 e. The summed E-state index contributed by atoms with van der Waals surface area (Å²) in [6, 6.07) is 23.9. The van der Waals surface area contributed by atoms with Gasteiger partial charge >= 0.3 is 0 Å². The van der Waals surface area contributed by atoms with Crippen molar-refractivity contribution in [1.29, 1.82) is 5.26 Å². The third kappa shape index (κ3) is 3.78. The SMILES string of the molecule is COc1cc(C#N)ccc1OCC(=O)N1c2ccccc2OCC1c1ccccc1. The van der Waals surface area contributed by atoms with Crippen LogP contribution < -0.4 is 19.1 Å². The van der Waals surface area contributed by atoms with Crippen LogP contribution in [-0.4, -0.2) is 26.2 Å². The molecule has 1 aliphatic rings. The summed E-state index contributed by atoms with van der Waals surface area (Å²) >= 11 is 0. The lowest BCUT2D eigenvalue weighted by Crippen LogP contribution is -2.43. The molecule has 0 saturated carbocycles. The molecule has 0 spiro atoms. The van der Waals surface area contributed by atoms with Gasteiger partial charge in [0.25, 0.3) is 5.91 Å². The maximum atomic E-state index is 13.3. The molecule has 0 aromatic heterocycles. The van der Waals surface area contributed by atoms with Gasteiger partial charge in [0.2, 0.25) is 0 Å². The van der Waals surface area contributed by atoms with Crippen molar-refractivity contribution in [3.63, 3.8) is 0 Å². The number of carbonyl (C=O) groups is 1. The fourth-order valence-corrected chi connectivity index (χ4v) is 3.48. The first-order valence-corrected chi connectivity index (χ1v) is 9.51. The highest BCUT2D eigenvalue weighted by Crippen LogP contribution is 2.39. The molecule has 0 aliphatic carbocycles. The van der Waals surface area contributed by atoms with Crippen molar-refractivity contribution in [3.8, 4) is 23.3 Å². The third-order valence-corrected chi connectivity index (χ3v) is 4.93. The molecule has 0 N–H and O–H groups in total. The number of carbonyl (C=O) groups excluding carboxylic acids is 1. The number of amides is 1. The summed E-state index contributed by atoms with van der Waals surface area (Å²) in [5.41, 5.74) is 2.14. The third-order valence-electron chi connectivity index (χ3n) is 4.93. The van der Waals surface area contributed by atoms with Gasteiger partial charge in [-0.3, -0.25) is 9.69 Å². The van der Waals surface area contributed by atoms with Crippen LogP contribution in [0.3, 0.4) is 0 Å². The van der Waals surface area contributed by atoms with E-state index in [9.17, 15) is 4.79 Å². The molecular weight excluding hydrogens is 380 g/mol. The van der Waals surface area contributed by atoms with E-state index >= 15 is 0 Å². The Morgan fingerprint density at radius 1 is 1.10 bits per heavy atom. The number of nitrogens with zero attached hydrogens (tertiary/aromatic N) is 2. The van der Waals surface area contributed by atoms with Gasteiger partial charge < -0.3 is 14.2 Å². The molecule has 1 atom stereocenters. The minimum Gasteiger partial charge on any atom is -0.493 e. The normalized spacial score (nSPS) is 14.8. The number of para-hydroxylation sites is 2. The number of hydrogen-bond acceptors (Lipinski definition) is 5. The highest BCUT2D eigenvalue weighted by Gasteiger charge is 2.33. The zero-order valence-electron chi connectivity index (χ0n) is 16.4. The molecule has 6 heteroatoms. The van der Waals surface area contributed by atoms with Crippen molar-refractivity contribution in [2.45, 2.75) is 6.04 Å². The Kier molecular flexibility index (Phi) is 5.53. The summed E-state index contributed by atoms with van der Waals surface area (Å²) in [5, 5.41) is 9.05. The van der Waals surface area contributed by atoms with Gasteiger partial charge in [0.1, 0.15) is 12.4 Å². The standard InChI is InChI=1S/C24H20N2O4/c1-28-23-13-17(14-25)11-12-22(23)30-16-24(27)26-19-9-5-6-10-21(19)29-15-20(26)18-7-3-2-4-8-18/h2-13,20H,15-16H2,1H3. The van der Waals surface area contributed by atoms with E-state index in [0.717, 1.165) is 5.56 Å². The van der Waals surface area contributed by atoms with Gasteiger partial charge in [0.05, 0.1) is 30.5 Å². The van der Waals surface area contributed by atoms with E-state index in [-0.39, 0.29) is 18.6 Å². The highest BCUT2D eigenvalue weighted by molar-refractivity contribution is 5.97. The molecule has 0 saturated heterocycles. The van der Waals surface area contributed by atoms with E-state index in [0.29, 0.717) is 35.1 Å². The number of nitriles is 1. The first kappa shape index (κ1) is 19.3. The van der Waals surface area contributed by atoms with Gasteiger partial charge in [-0.25, -0.2) is 0 Å². The van der Waals surface area contributed by atoms with Crippen LogP contribution in [-0.2, 0) is 4.79 Å². The Morgan fingerprint density at radius 3 is 2.63 bits per heavy atom. The lowest BCUT2D eigenvalue weighted by atomic mass is 10.0. The average Bonchev–Trinajstić information content (AvgIpc) is 2.82. The number of benzene rings is 3. The quantitative estimate of drug-likeness (QED) is 0.644. The van der Waals surface area contributed by atoms with E-state index < -0.39 is 0 Å². The molecule has 0 bridgehead atoms. The van der Waals surface area contributed by atoms with E-state index in [1.165, 1.54) is 7.11 Å². The van der Waals surface area contributed by atoms with Crippen LogP contribution >= 0.6 is 0 Å². The molecule has 1 amide bonds. The Bertz CT molecular complexity index is 1090. The van der Waals surface area contributed by atoms with Gasteiger partial charge in [-0.2, -0.15) is 5.26 Å². The molecule has 3 aromatic rings. The molecule has 1 unspecified atom stereocenters. The molecular formula is C24H20N2O4. The van der Waals surface area contributed by atoms with Crippen molar-refractivity contribution in [3.05, 3.63) is 83.9 Å². The molecule has 30 heavy (non-hydrogen) atoms. The zero-order valence-corrected chi connectivity index (χ0v) is 16.4. The Hall–Kier alpha value is -3.98. The summed E-state index contributed by atoms with van der Waals surface area (Å²) < 4.78 is 17.0. The van der Waals surface area contributed by atoms with Crippen LogP contribution in [0.25, 0.3) is 0 Å². The second kappa shape index (κ2) is 8.58. The fourth-order valence-electron chi connectivity index (χ4n) is 3.48. The van der Waals surface area contributed by atoms with Gasteiger partial charge in [-0.15, -0.1) is 0 Å². The van der Waals surface area contributed by atoms with Crippen molar-refractivity contribution in [1.82, 2.24) is 0 Å². The minimum atomic E-state index is -0.264. The molecule has 6 nitrogen and oxygen atoms in total. The monoisotopic (exact) mass is 400 g/mol. The van der Waals surface area contributed by atoms with Gasteiger partial charge in [0.15, 0.2) is 18.1 Å². The molecule has 3 aromatic carbocycles. The molecule has 1 heterocycles. The van der Waals surface area contributed by atoms with E-state index in [4.69, 9.17) is 19.5 Å². The van der Waals surface area contributed by atoms with E-state index in [1.54, 1.807) is 23.1 Å². The van der Waals surface area contributed by atoms with Gasteiger partial charge in [-0.1, -0.05) is 42.5 Å². The molecule has 1 aliphatic heterocycles. The number of methoxy groups -OCH3 is 1. The highest BCUT2D eigenvalue weighted by atomic mass is 16.5. The van der Waals surface area contributed by atoms with Crippen molar-refractivity contribution < 1.29 is 19.0 Å². The maximum Gasteiger partial charge on any atom is 0.265 e. The van der Waals surface area contributed by atoms with Gasteiger partial charge in [0, 0.05) is 6.07 Å². The van der Waals surface area contributed by atoms with Crippen LogP contribution in [0.15, 0.2) is 72.8 Å². The van der Waals surface area contributed by atoms with Crippen molar-refractivity contribution >= 4 is 11.6 Å². The van der Waals surface area contributed by atoms with Crippen LogP contribution in [0, 0.1) is 11.3 Å². The number of rotatable bonds is 5. The predicted molar refractivity (Wildman–Crippen MR) is 112 cm³/mol. The summed E-state index contributed by atoms with van der Waals surface area (Å²) in [6.45, 7) is 0.173. The predicted octanol–water partition coefficient (Wildman–Crippen LogP) is 4.11. The average molecular weight is 400 g/mol. The fraction of sp³-hybridized carbons (Fsp3) is 0.167. The minimum absolute atomic E-state index is 0.181. The summed E-state index contributed by atoms with van der Waals surface area (Å²) in [5.74, 6) is 1.27.